The van der Waals surface area contributed by atoms with Crippen LogP contribution in [-0.2, 0) is 0 Å². The Morgan fingerprint density at radius 3 is 2.71 bits per heavy atom. The van der Waals surface area contributed by atoms with Gasteiger partial charge in [-0.15, -0.1) is 0 Å². The highest BCUT2D eigenvalue weighted by atomic mass is 19.1. The third-order valence-corrected chi connectivity index (χ3v) is 2.38. The van der Waals surface area contributed by atoms with Crippen LogP contribution in [0.25, 0.3) is 0 Å². The monoisotopic (exact) mass is 245 g/mol. The molecule has 1 atom stereocenters. The van der Waals surface area contributed by atoms with Crippen LogP contribution < -0.4 is 11.1 Å². The molecule has 1 aromatic heterocycles. The maximum absolute atomic E-state index is 13.3. The van der Waals surface area contributed by atoms with Crippen molar-refractivity contribution < 1.29 is 13.9 Å². The van der Waals surface area contributed by atoms with Gasteiger partial charge in [-0.25, -0.2) is 13.8 Å². The average Bonchev–Trinajstić information content (AvgIpc) is 2.21. The van der Waals surface area contributed by atoms with Crippen molar-refractivity contribution in [3.8, 4) is 0 Å². The summed E-state index contributed by atoms with van der Waals surface area (Å²) >= 11 is 0. The van der Waals surface area contributed by atoms with E-state index < -0.39 is 17.2 Å². The predicted octanol–water partition coefficient (Wildman–Crippen LogP) is 1.90. The molecule has 0 aromatic carbocycles. The van der Waals surface area contributed by atoms with E-state index in [1.165, 1.54) is 0 Å². The summed E-state index contributed by atoms with van der Waals surface area (Å²) in [4.78, 5) is 3.54. The SMILES string of the molecule is CCCC(C)(O)CNc1nc(N)c(F)cc1F. The van der Waals surface area contributed by atoms with Gasteiger partial charge in [0, 0.05) is 12.6 Å². The zero-order chi connectivity index (χ0) is 13.1. The minimum absolute atomic E-state index is 0.121. The number of pyridine rings is 1. The summed E-state index contributed by atoms with van der Waals surface area (Å²) in [6.07, 6.45) is 1.37. The minimum Gasteiger partial charge on any atom is -0.388 e. The summed E-state index contributed by atoms with van der Waals surface area (Å²) in [5.74, 6) is -2.25. The number of rotatable bonds is 5. The minimum atomic E-state index is -0.966. The van der Waals surface area contributed by atoms with Gasteiger partial charge in [-0.05, 0) is 13.3 Å². The number of nitrogens with one attached hydrogen (secondary N) is 1. The molecule has 0 spiro atoms. The van der Waals surface area contributed by atoms with Gasteiger partial charge in [0.05, 0.1) is 5.60 Å². The third kappa shape index (κ3) is 3.81. The van der Waals surface area contributed by atoms with E-state index in [1.54, 1.807) is 6.92 Å². The topological polar surface area (TPSA) is 71.2 Å². The van der Waals surface area contributed by atoms with Crippen LogP contribution in [0.1, 0.15) is 26.7 Å². The smallest absolute Gasteiger partial charge is 0.168 e. The number of nitrogens with two attached hydrogens (primary N) is 1. The van der Waals surface area contributed by atoms with Gasteiger partial charge in [0.2, 0.25) is 0 Å². The van der Waals surface area contributed by atoms with E-state index in [0.29, 0.717) is 12.5 Å². The lowest BCUT2D eigenvalue weighted by Crippen LogP contribution is -2.33. The summed E-state index contributed by atoms with van der Waals surface area (Å²) in [5, 5.41) is 12.5. The Kier molecular flexibility index (Phi) is 4.22. The van der Waals surface area contributed by atoms with E-state index in [1.807, 2.05) is 6.92 Å². The maximum Gasteiger partial charge on any atom is 0.168 e. The number of hydrogen-bond donors (Lipinski definition) is 3. The van der Waals surface area contributed by atoms with Crippen LogP contribution in [0.2, 0.25) is 0 Å². The van der Waals surface area contributed by atoms with Gasteiger partial charge in [-0.3, -0.25) is 0 Å². The normalized spacial score (nSPS) is 14.4. The van der Waals surface area contributed by atoms with Crippen LogP contribution in [-0.4, -0.2) is 22.2 Å². The van der Waals surface area contributed by atoms with Crippen LogP contribution in [0.3, 0.4) is 0 Å². The molecule has 0 aliphatic carbocycles. The van der Waals surface area contributed by atoms with Crippen molar-refractivity contribution >= 4 is 11.6 Å². The fourth-order valence-electron chi connectivity index (χ4n) is 1.51. The van der Waals surface area contributed by atoms with E-state index in [0.717, 1.165) is 6.42 Å². The van der Waals surface area contributed by atoms with Crippen molar-refractivity contribution in [1.29, 1.82) is 0 Å². The maximum atomic E-state index is 13.3. The first-order valence-electron chi connectivity index (χ1n) is 5.43. The summed E-state index contributed by atoms with van der Waals surface area (Å²) in [7, 11) is 0. The fraction of sp³-hybridized carbons (Fsp3) is 0.545. The van der Waals surface area contributed by atoms with E-state index in [2.05, 4.69) is 10.3 Å². The second-order valence-electron chi connectivity index (χ2n) is 4.29. The third-order valence-electron chi connectivity index (χ3n) is 2.38. The van der Waals surface area contributed by atoms with Crippen LogP contribution >= 0.6 is 0 Å². The molecule has 0 amide bonds. The van der Waals surface area contributed by atoms with Crippen LogP contribution in [0.5, 0.6) is 0 Å². The Balaban J connectivity index is 2.73. The number of aliphatic hydroxyl groups is 1. The van der Waals surface area contributed by atoms with Gasteiger partial charge < -0.3 is 16.2 Å². The molecule has 4 nitrogen and oxygen atoms in total. The molecule has 0 radical (unpaired) electrons. The molecule has 0 bridgehead atoms. The molecule has 0 aliphatic rings. The summed E-state index contributed by atoms with van der Waals surface area (Å²) in [5.41, 5.74) is 4.27. The molecule has 6 heteroatoms. The lowest BCUT2D eigenvalue weighted by Gasteiger charge is -2.23. The molecule has 0 saturated carbocycles. The molecule has 0 aliphatic heterocycles. The van der Waals surface area contributed by atoms with Crippen molar-refractivity contribution in [3.63, 3.8) is 0 Å². The second-order valence-corrected chi connectivity index (χ2v) is 4.29. The largest absolute Gasteiger partial charge is 0.388 e. The van der Waals surface area contributed by atoms with Crippen LogP contribution in [0.4, 0.5) is 20.4 Å². The average molecular weight is 245 g/mol. The fourth-order valence-corrected chi connectivity index (χ4v) is 1.51. The van der Waals surface area contributed by atoms with Crippen molar-refractivity contribution in [2.75, 3.05) is 17.6 Å². The molecule has 4 N–H and O–H groups in total. The van der Waals surface area contributed by atoms with Crippen LogP contribution in [0, 0.1) is 11.6 Å². The highest BCUT2D eigenvalue weighted by Crippen LogP contribution is 2.18. The van der Waals surface area contributed by atoms with Gasteiger partial charge in [0.15, 0.2) is 23.3 Å². The van der Waals surface area contributed by atoms with Crippen molar-refractivity contribution in [1.82, 2.24) is 4.98 Å². The molecule has 1 heterocycles. The Hall–Kier alpha value is -1.43. The molecular weight excluding hydrogens is 228 g/mol. The molecule has 1 unspecified atom stereocenters. The van der Waals surface area contributed by atoms with E-state index in [4.69, 9.17) is 5.73 Å². The van der Waals surface area contributed by atoms with E-state index >= 15 is 0 Å². The Morgan fingerprint density at radius 1 is 1.47 bits per heavy atom. The number of nitrogen functional groups attached to an aromatic ring is 1. The molecule has 0 saturated heterocycles. The number of anilines is 2. The molecule has 0 fully saturated rings. The lowest BCUT2D eigenvalue weighted by molar-refractivity contribution is 0.0635. The van der Waals surface area contributed by atoms with E-state index in [9.17, 15) is 13.9 Å². The summed E-state index contributed by atoms with van der Waals surface area (Å²) in [6, 6.07) is 0.666. The zero-order valence-electron chi connectivity index (χ0n) is 9.93. The first kappa shape index (κ1) is 13.6. The Morgan fingerprint density at radius 2 is 2.12 bits per heavy atom. The lowest BCUT2D eigenvalue weighted by atomic mass is 10.0. The Bertz CT molecular complexity index is 397. The van der Waals surface area contributed by atoms with Crippen molar-refractivity contribution in [2.45, 2.75) is 32.3 Å². The highest BCUT2D eigenvalue weighted by Gasteiger charge is 2.20. The van der Waals surface area contributed by atoms with Gasteiger partial charge in [0.1, 0.15) is 0 Å². The van der Waals surface area contributed by atoms with Gasteiger partial charge in [0.25, 0.3) is 0 Å². The number of hydrogen-bond acceptors (Lipinski definition) is 4. The molecule has 1 rings (SSSR count). The molecule has 1 aromatic rings. The quantitative estimate of drug-likeness (QED) is 0.741. The first-order chi connectivity index (χ1) is 7.85. The molecule has 17 heavy (non-hydrogen) atoms. The number of halogens is 2. The zero-order valence-corrected chi connectivity index (χ0v) is 9.93. The standard InChI is InChI=1S/C11H17F2N3O/c1-3-4-11(2,17)6-15-10-8(13)5-7(12)9(14)16-10/h5,17H,3-4,6H2,1-2H3,(H3,14,15,16). The van der Waals surface area contributed by atoms with E-state index in [-0.39, 0.29) is 18.2 Å². The number of nitrogens with zero attached hydrogens (tertiary/aromatic N) is 1. The summed E-state index contributed by atoms with van der Waals surface area (Å²) in [6.45, 7) is 3.69. The van der Waals surface area contributed by atoms with Crippen molar-refractivity contribution in [2.24, 2.45) is 0 Å². The van der Waals surface area contributed by atoms with Gasteiger partial charge in [-0.1, -0.05) is 13.3 Å². The summed E-state index contributed by atoms with van der Waals surface area (Å²) < 4.78 is 26.1. The van der Waals surface area contributed by atoms with Gasteiger partial charge in [-0.2, -0.15) is 0 Å². The van der Waals surface area contributed by atoms with Crippen LogP contribution in [0.15, 0.2) is 6.07 Å². The molecular formula is C11H17F2N3O. The van der Waals surface area contributed by atoms with Gasteiger partial charge >= 0.3 is 0 Å². The molecule has 96 valence electrons. The first-order valence-corrected chi connectivity index (χ1v) is 5.43. The van der Waals surface area contributed by atoms with Crippen molar-refractivity contribution in [3.05, 3.63) is 17.7 Å². The number of aromatic nitrogens is 1. The Labute approximate surface area is 98.9 Å². The second kappa shape index (κ2) is 5.27. The predicted molar refractivity (Wildman–Crippen MR) is 62.6 cm³/mol. The highest BCUT2D eigenvalue weighted by molar-refractivity contribution is 5.45.